The number of amides is 3. The summed E-state index contributed by atoms with van der Waals surface area (Å²) in [5.41, 5.74) is -3.00. The Bertz CT molecular complexity index is 675. The van der Waals surface area contributed by atoms with Crippen molar-refractivity contribution in [1.29, 1.82) is 0 Å². The minimum atomic E-state index is -1.75. The molecule has 0 saturated carbocycles. The Morgan fingerprint density at radius 1 is 1.32 bits per heavy atom. The standard InChI is InChI=1S/C10H12N4O5/c1-4-3-14(9(19)11-5(4)15)10(2)6(16)12-8(18)13-7(10)17/h3,6,16H,1-2H3,(H,11,15,19)(H2,12,13,17,18). The summed E-state index contributed by atoms with van der Waals surface area (Å²) in [6.07, 6.45) is -0.446. The number of aliphatic hydroxyl groups is 1. The average Bonchev–Trinajstić information content (AvgIpc) is 2.30. The molecule has 1 aliphatic heterocycles. The van der Waals surface area contributed by atoms with Gasteiger partial charge in [0, 0.05) is 11.8 Å². The van der Waals surface area contributed by atoms with Crippen molar-refractivity contribution in [2.75, 3.05) is 0 Å². The molecule has 9 nitrogen and oxygen atoms in total. The number of nitrogens with zero attached hydrogens (tertiary/aromatic N) is 1. The van der Waals surface area contributed by atoms with Crippen LogP contribution in [0.4, 0.5) is 4.79 Å². The third kappa shape index (κ3) is 1.83. The molecule has 2 heterocycles. The van der Waals surface area contributed by atoms with Crippen molar-refractivity contribution in [1.82, 2.24) is 20.2 Å². The lowest BCUT2D eigenvalue weighted by atomic mass is 9.96. The highest BCUT2D eigenvalue weighted by Crippen LogP contribution is 2.20. The van der Waals surface area contributed by atoms with Gasteiger partial charge in [0.1, 0.15) is 0 Å². The van der Waals surface area contributed by atoms with E-state index in [1.807, 2.05) is 10.3 Å². The number of nitrogens with one attached hydrogen (secondary N) is 3. The topological polar surface area (TPSA) is 133 Å². The van der Waals surface area contributed by atoms with Crippen LogP contribution >= 0.6 is 0 Å². The first kappa shape index (κ1) is 13.0. The van der Waals surface area contributed by atoms with Crippen LogP contribution in [0.25, 0.3) is 0 Å². The second-order valence-electron chi connectivity index (χ2n) is 4.42. The summed E-state index contributed by atoms with van der Waals surface area (Å²) in [7, 11) is 0. The number of urea groups is 1. The highest BCUT2D eigenvalue weighted by Gasteiger charge is 2.48. The number of hydrogen-bond acceptors (Lipinski definition) is 5. The molecule has 19 heavy (non-hydrogen) atoms. The average molecular weight is 268 g/mol. The van der Waals surface area contributed by atoms with Crippen molar-refractivity contribution in [3.63, 3.8) is 0 Å². The summed E-state index contributed by atoms with van der Waals surface area (Å²) < 4.78 is 0.878. The quantitative estimate of drug-likeness (QED) is 0.455. The third-order valence-electron chi connectivity index (χ3n) is 3.11. The van der Waals surface area contributed by atoms with Gasteiger partial charge in [0.15, 0.2) is 11.8 Å². The van der Waals surface area contributed by atoms with E-state index in [2.05, 4.69) is 5.32 Å². The van der Waals surface area contributed by atoms with E-state index < -0.39 is 35.0 Å². The van der Waals surface area contributed by atoms with Crippen LogP contribution in [0.5, 0.6) is 0 Å². The number of carbonyl (C=O) groups excluding carboxylic acids is 2. The Morgan fingerprint density at radius 2 is 1.95 bits per heavy atom. The number of carbonyl (C=O) groups is 2. The largest absolute Gasteiger partial charge is 0.371 e. The monoisotopic (exact) mass is 268 g/mol. The maximum Gasteiger partial charge on any atom is 0.329 e. The molecule has 1 saturated heterocycles. The molecule has 1 aliphatic rings. The molecule has 3 amide bonds. The summed E-state index contributed by atoms with van der Waals surface area (Å²) in [5, 5.41) is 13.9. The van der Waals surface area contributed by atoms with E-state index in [0.717, 1.165) is 10.8 Å². The van der Waals surface area contributed by atoms with E-state index in [1.54, 1.807) is 0 Å². The first-order valence-electron chi connectivity index (χ1n) is 5.40. The van der Waals surface area contributed by atoms with E-state index in [-0.39, 0.29) is 5.56 Å². The Morgan fingerprint density at radius 3 is 2.53 bits per heavy atom. The lowest BCUT2D eigenvalue weighted by Crippen LogP contribution is -2.69. The van der Waals surface area contributed by atoms with Gasteiger partial charge in [-0.15, -0.1) is 0 Å². The third-order valence-corrected chi connectivity index (χ3v) is 3.11. The first-order valence-corrected chi connectivity index (χ1v) is 5.40. The Hall–Kier alpha value is -2.42. The molecule has 2 atom stereocenters. The smallest absolute Gasteiger partial charge is 0.329 e. The highest BCUT2D eigenvalue weighted by atomic mass is 16.3. The van der Waals surface area contributed by atoms with E-state index >= 15 is 0 Å². The van der Waals surface area contributed by atoms with Gasteiger partial charge < -0.3 is 10.4 Å². The van der Waals surface area contributed by atoms with Crippen LogP contribution in [0.2, 0.25) is 0 Å². The molecule has 0 radical (unpaired) electrons. The second kappa shape index (κ2) is 4.05. The zero-order valence-corrected chi connectivity index (χ0v) is 10.2. The van der Waals surface area contributed by atoms with Gasteiger partial charge in [0.2, 0.25) is 0 Å². The molecule has 1 fully saturated rings. The molecule has 2 rings (SSSR count). The number of imide groups is 1. The lowest BCUT2D eigenvalue weighted by Gasteiger charge is -2.37. The normalized spacial score (nSPS) is 26.8. The number of H-pyrrole nitrogens is 1. The molecule has 1 aromatic heterocycles. The summed E-state index contributed by atoms with van der Waals surface area (Å²) in [5.74, 6) is -0.850. The number of aryl methyl sites for hydroxylation is 1. The fourth-order valence-corrected chi connectivity index (χ4v) is 1.81. The van der Waals surface area contributed by atoms with Crippen molar-refractivity contribution in [3.8, 4) is 0 Å². The number of rotatable bonds is 1. The van der Waals surface area contributed by atoms with Crippen LogP contribution in [0.1, 0.15) is 12.5 Å². The van der Waals surface area contributed by atoms with E-state index in [4.69, 9.17) is 0 Å². The van der Waals surface area contributed by atoms with Gasteiger partial charge in [-0.25, -0.2) is 9.59 Å². The van der Waals surface area contributed by atoms with Gasteiger partial charge in [0.25, 0.3) is 11.5 Å². The van der Waals surface area contributed by atoms with Crippen molar-refractivity contribution in [2.45, 2.75) is 25.6 Å². The minimum absolute atomic E-state index is 0.192. The van der Waals surface area contributed by atoms with E-state index in [0.29, 0.717) is 0 Å². The zero-order valence-electron chi connectivity index (χ0n) is 10.2. The molecular weight excluding hydrogens is 256 g/mol. The molecule has 2 unspecified atom stereocenters. The highest BCUT2D eigenvalue weighted by molar-refractivity contribution is 6.01. The SMILES string of the molecule is Cc1cn(C2(C)C(=O)NC(=O)NC2O)c(=O)[nH]c1=O. The van der Waals surface area contributed by atoms with Crippen LogP contribution < -0.4 is 21.9 Å². The van der Waals surface area contributed by atoms with E-state index in [9.17, 15) is 24.3 Å². The maximum atomic E-state index is 11.9. The summed E-state index contributed by atoms with van der Waals surface area (Å²) in [6.45, 7) is 2.72. The van der Waals surface area contributed by atoms with Crippen LogP contribution in [-0.4, -0.2) is 32.8 Å². The zero-order chi connectivity index (χ0) is 14.4. The Balaban J connectivity index is 2.65. The molecular formula is C10H12N4O5. The Kier molecular flexibility index (Phi) is 2.78. The van der Waals surface area contributed by atoms with Crippen LogP contribution in [0.15, 0.2) is 15.8 Å². The number of aromatic amines is 1. The molecule has 1 aromatic rings. The predicted molar refractivity (Wildman–Crippen MR) is 62.4 cm³/mol. The molecule has 4 N–H and O–H groups in total. The fourth-order valence-electron chi connectivity index (χ4n) is 1.81. The first-order chi connectivity index (χ1) is 8.76. The molecule has 0 aromatic carbocycles. The second-order valence-corrected chi connectivity index (χ2v) is 4.42. The minimum Gasteiger partial charge on any atom is -0.371 e. The van der Waals surface area contributed by atoms with Gasteiger partial charge in [-0.3, -0.25) is 24.5 Å². The molecule has 0 aliphatic carbocycles. The van der Waals surface area contributed by atoms with Crippen LogP contribution in [-0.2, 0) is 10.3 Å². The molecule has 102 valence electrons. The van der Waals surface area contributed by atoms with Crippen molar-refractivity contribution >= 4 is 11.9 Å². The summed E-state index contributed by atoms with van der Waals surface area (Å²) in [6, 6.07) is -0.857. The lowest BCUT2D eigenvalue weighted by molar-refractivity contribution is -0.137. The Labute approximate surface area is 106 Å². The van der Waals surface area contributed by atoms with Crippen molar-refractivity contribution in [3.05, 3.63) is 32.6 Å². The van der Waals surface area contributed by atoms with Gasteiger partial charge in [-0.05, 0) is 13.8 Å². The van der Waals surface area contributed by atoms with Gasteiger partial charge in [-0.1, -0.05) is 0 Å². The van der Waals surface area contributed by atoms with Crippen LogP contribution in [0.3, 0.4) is 0 Å². The fraction of sp³-hybridized carbons (Fsp3) is 0.400. The summed E-state index contributed by atoms with van der Waals surface area (Å²) in [4.78, 5) is 48.1. The van der Waals surface area contributed by atoms with Crippen LogP contribution in [0, 0.1) is 6.92 Å². The van der Waals surface area contributed by atoms with E-state index in [1.165, 1.54) is 13.8 Å². The number of aliphatic hydroxyl groups excluding tert-OH is 1. The number of hydrogen-bond donors (Lipinski definition) is 4. The van der Waals surface area contributed by atoms with Crippen molar-refractivity contribution in [2.24, 2.45) is 0 Å². The van der Waals surface area contributed by atoms with Gasteiger partial charge in [-0.2, -0.15) is 0 Å². The molecule has 0 bridgehead atoms. The predicted octanol–water partition coefficient (Wildman–Crippen LogP) is -2.28. The molecule has 9 heteroatoms. The number of aromatic nitrogens is 2. The van der Waals surface area contributed by atoms with Gasteiger partial charge >= 0.3 is 11.7 Å². The maximum absolute atomic E-state index is 11.9. The molecule has 0 spiro atoms. The summed E-state index contributed by atoms with van der Waals surface area (Å²) >= 11 is 0. The van der Waals surface area contributed by atoms with Gasteiger partial charge in [0.05, 0.1) is 0 Å². The van der Waals surface area contributed by atoms with Crippen molar-refractivity contribution < 1.29 is 14.7 Å².